The Morgan fingerprint density at radius 2 is 1.39 bits per heavy atom. The van der Waals surface area contributed by atoms with Crippen molar-refractivity contribution in [3.05, 3.63) is 0 Å². The van der Waals surface area contributed by atoms with Gasteiger partial charge in [-0.05, 0) is 6.42 Å². The van der Waals surface area contributed by atoms with Crippen LogP contribution in [0, 0.1) is 5.92 Å². The van der Waals surface area contributed by atoms with E-state index in [-0.39, 0.29) is 25.6 Å². The predicted octanol–water partition coefficient (Wildman–Crippen LogP) is 2.10. The second kappa shape index (κ2) is 17.4. The van der Waals surface area contributed by atoms with Gasteiger partial charge in [-0.2, -0.15) is 0 Å². The number of nitrogens with zero attached hydrogens (tertiary/aromatic N) is 1. The average molecular weight is 403 g/mol. The van der Waals surface area contributed by atoms with E-state index in [1.807, 2.05) is 0 Å². The first-order chi connectivity index (χ1) is 13.4. The fourth-order valence-electron chi connectivity index (χ4n) is 2.99. The van der Waals surface area contributed by atoms with Crippen molar-refractivity contribution in [1.29, 1.82) is 0 Å². The van der Waals surface area contributed by atoms with Gasteiger partial charge >= 0.3 is 11.9 Å². The Balaban J connectivity index is 3.88. The maximum Gasteiger partial charge on any atom is 0.319 e. The minimum absolute atomic E-state index is 0.0556. The van der Waals surface area contributed by atoms with E-state index in [9.17, 15) is 14.4 Å². The maximum atomic E-state index is 11.9. The number of amides is 1. The third kappa shape index (κ3) is 14.4. The standard InChI is InChI=1S/C20H38N2O6/c1-2-3-4-5-6-7-8-9-10-11-18(24)21-12-13-22(14-15-23)16-17(19(25)26)20(27)28/h17,23H,2-16H2,1H3,(H,21,24)(H,25,26)(H,27,28). The third-order valence-corrected chi connectivity index (χ3v) is 4.71. The van der Waals surface area contributed by atoms with Gasteiger partial charge in [-0.1, -0.05) is 58.3 Å². The Hall–Kier alpha value is -1.67. The molecule has 164 valence electrons. The minimum atomic E-state index is -1.55. The zero-order chi connectivity index (χ0) is 21.2. The van der Waals surface area contributed by atoms with Crippen LogP contribution >= 0.6 is 0 Å². The Labute approximate surface area is 168 Å². The summed E-state index contributed by atoms with van der Waals surface area (Å²) in [6.45, 7) is 2.53. The zero-order valence-corrected chi connectivity index (χ0v) is 17.2. The second-order valence-electron chi connectivity index (χ2n) is 7.18. The van der Waals surface area contributed by atoms with Crippen LogP contribution in [0.2, 0.25) is 0 Å². The maximum absolute atomic E-state index is 11.9. The summed E-state index contributed by atoms with van der Waals surface area (Å²) in [6, 6.07) is 0. The first kappa shape index (κ1) is 26.3. The number of carbonyl (C=O) groups excluding carboxylic acids is 1. The lowest BCUT2D eigenvalue weighted by molar-refractivity contribution is -0.155. The van der Waals surface area contributed by atoms with Gasteiger partial charge in [0.15, 0.2) is 5.92 Å². The number of carbonyl (C=O) groups is 3. The highest BCUT2D eigenvalue weighted by Crippen LogP contribution is 2.10. The molecule has 0 spiro atoms. The fraction of sp³-hybridized carbons (Fsp3) is 0.850. The van der Waals surface area contributed by atoms with Crippen molar-refractivity contribution in [2.75, 3.05) is 32.8 Å². The molecule has 0 fully saturated rings. The van der Waals surface area contributed by atoms with Crippen molar-refractivity contribution < 1.29 is 29.7 Å². The summed E-state index contributed by atoms with van der Waals surface area (Å²) in [5, 5.41) is 29.7. The van der Waals surface area contributed by atoms with Crippen LogP contribution in [0.5, 0.6) is 0 Å². The van der Waals surface area contributed by atoms with Gasteiger partial charge in [0.05, 0.1) is 6.61 Å². The van der Waals surface area contributed by atoms with Gasteiger partial charge in [-0.25, -0.2) is 0 Å². The SMILES string of the molecule is CCCCCCCCCCCC(=O)NCCN(CCO)CC(C(=O)O)C(=O)O. The number of carboxylic acid groups (broad SMARTS) is 2. The summed E-state index contributed by atoms with van der Waals surface area (Å²) >= 11 is 0. The van der Waals surface area contributed by atoms with Gasteiger partial charge in [-0.15, -0.1) is 0 Å². The van der Waals surface area contributed by atoms with Crippen molar-refractivity contribution in [2.24, 2.45) is 5.92 Å². The van der Waals surface area contributed by atoms with Crippen LogP contribution in [0.4, 0.5) is 0 Å². The van der Waals surface area contributed by atoms with Crippen molar-refractivity contribution in [3.8, 4) is 0 Å². The number of carboxylic acids is 2. The molecule has 0 heterocycles. The molecule has 0 aromatic rings. The molecular weight excluding hydrogens is 364 g/mol. The predicted molar refractivity (Wildman–Crippen MR) is 107 cm³/mol. The van der Waals surface area contributed by atoms with Crippen molar-refractivity contribution in [3.63, 3.8) is 0 Å². The Bertz CT molecular complexity index is 430. The van der Waals surface area contributed by atoms with Gasteiger partial charge in [0.2, 0.25) is 5.91 Å². The number of nitrogens with one attached hydrogen (secondary N) is 1. The first-order valence-electron chi connectivity index (χ1n) is 10.5. The summed E-state index contributed by atoms with van der Waals surface area (Å²) in [7, 11) is 0. The second-order valence-corrected chi connectivity index (χ2v) is 7.18. The molecule has 4 N–H and O–H groups in total. The topological polar surface area (TPSA) is 127 Å². The molecule has 0 saturated heterocycles. The molecule has 0 aromatic carbocycles. The summed E-state index contributed by atoms with van der Waals surface area (Å²) < 4.78 is 0. The lowest BCUT2D eigenvalue weighted by Gasteiger charge is -2.23. The number of aliphatic carboxylic acids is 2. The summed E-state index contributed by atoms with van der Waals surface area (Å²) in [5.41, 5.74) is 0. The quantitative estimate of drug-likeness (QED) is 0.192. The van der Waals surface area contributed by atoms with Gasteiger partial charge in [0, 0.05) is 32.6 Å². The monoisotopic (exact) mass is 402 g/mol. The van der Waals surface area contributed by atoms with E-state index in [0.29, 0.717) is 19.5 Å². The van der Waals surface area contributed by atoms with Crippen LogP contribution in [0.25, 0.3) is 0 Å². The van der Waals surface area contributed by atoms with E-state index in [2.05, 4.69) is 12.2 Å². The molecule has 0 atom stereocenters. The van der Waals surface area contributed by atoms with Gasteiger partial charge in [0.25, 0.3) is 0 Å². The number of hydrogen-bond acceptors (Lipinski definition) is 5. The van der Waals surface area contributed by atoms with E-state index in [0.717, 1.165) is 19.3 Å². The van der Waals surface area contributed by atoms with Gasteiger partial charge in [0.1, 0.15) is 0 Å². The minimum Gasteiger partial charge on any atom is -0.481 e. The highest BCUT2D eigenvalue weighted by atomic mass is 16.4. The first-order valence-corrected chi connectivity index (χ1v) is 10.5. The molecule has 0 saturated carbocycles. The lowest BCUT2D eigenvalue weighted by atomic mass is 10.1. The fourth-order valence-corrected chi connectivity index (χ4v) is 2.99. The van der Waals surface area contributed by atoms with E-state index < -0.39 is 17.9 Å². The highest BCUT2D eigenvalue weighted by Gasteiger charge is 2.28. The van der Waals surface area contributed by atoms with Crippen molar-refractivity contribution in [2.45, 2.75) is 71.1 Å². The number of aliphatic hydroxyl groups is 1. The molecule has 0 rings (SSSR count). The largest absolute Gasteiger partial charge is 0.481 e. The molecular formula is C20H38N2O6. The van der Waals surface area contributed by atoms with Crippen LogP contribution in [0.1, 0.15) is 71.1 Å². The molecule has 28 heavy (non-hydrogen) atoms. The van der Waals surface area contributed by atoms with E-state index in [4.69, 9.17) is 15.3 Å². The Kier molecular flexibility index (Phi) is 16.4. The Morgan fingerprint density at radius 1 is 0.857 bits per heavy atom. The van der Waals surface area contributed by atoms with Gasteiger partial charge in [-0.3, -0.25) is 19.3 Å². The molecule has 0 radical (unpaired) electrons. The molecule has 0 aliphatic rings. The summed E-state index contributed by atoms with van der Waals surface area (Å²) in [5.74, 6) is -4.43. The van der Waals surface area contributed by atoms with E-state index >= 15 is 0 Å². The van der Waals surface area contributed by atoms with Crippen molar-refractivity contribution >= 4 is 17.8 Å². The normalized spacial score (nSPS) is 11.1. The molecule has 1 amide bonds. The summed E-state index contributed by atoms with van der Waals surface area (Å²) in [6.07, 6.45) is 11.2. The molecule has 0 unspecified atom stereocenters. The zero-order valence-electron chi connectivity index (χ0n) is 17.2. The molecule has 8 heteroatoms. The number of unbranched alkanes of at least 4 members (excludes halogenated alkanes) is 8. The molecule has 0 aromatic heterocycles. The van der Waals surface area contributed by atoms with Crippen LogP contribution < -0.4 is 5.32 Å². The third-order valence-electron chi connectivity index (χ3n) is 4.71. The van der Waals surface area contributed by atoms with Crippen LogP contribution in [-0.4, -0.2) is 70.9 Å². The van der Waals surface area contributed by atoms with E-state index in [1.165, 1.54) is 43.4 Å². The van der Waals surface area contributed by atoms with Gasteiger partial charge < -0.3 is 20.6 Å². The van der Waals surface area contributed by atoms with Crippen LogP contribution in [0.15, 0.2) is 0 Å². The number of hydrogen-bond donors (Lipinski definition) is 4. The van der Waals surface area contributed by atoms with Crippen LogP contribution in [-0.2, 0) is 14.4 Å². The molecule has 0 aliphatic heterocycles. The van der Waals surface area contributed by atoms with E-state index in [1.54, 1.807) is 0 Å². The highest BCUT2D eigenvalue weighted by molar-refractivity contribution is 5.93. The number of aliphatic hydroxyl groups excluding tert-OH is 1. The smallest absolute Gasteiger partial charge is 0.319 e. The lowest BCUT2D eigenvalue weighted by Crippen LogP contribution is -2.42. The average Bonchev–Trinajstić information content (AvgIpc) is 2.64. The Morgan fingerprint density at radius 3 is 1.89 bits per heavy atom. The number of rotatable bonds is 19. The molecule has 0 aliphatic carbocycles. The molecule has 8 nitrogen and oxygen atoms in total. The summed E-state index contributed by atoms with van der Waals surface area (Å²) in [4.78, 5) is 35.4. The molecule has 0 bridgehead atoms. The van der Waals surface area contributed by atoms with Crippen LogP contribution in [0.3, 0.4) is 0 Å². The van der Waals surface area contributed by atoms with Crippen molar-refractivity contribution in [1.82, 2.24) is 10.2 Å².